The van der Waals surface area contributed by atoms with Crippen LogP contribution in [0.5, 0.6) is 0 Å². The minimum atomic E-state index is 0.353. The largest absolute Gasteiger partial charge is 0.299 e. The maximum absolute atomic E-state index is 12.0. The lowest BCUT2D eigenvalue weighted by atomic mass is 9.99. The number of ketones is 1. The summed E-state index contributed by atoms with van der Waals surface area (Å²) in [5.74, 6) is 1.16. The van der Waals surface area contributed by atoms with Crippen LogP contribution in [0.2, 0.25) is 0 Å². The topological polar surface area (TPSA) is 30.0 Å². The van der Waals surface area contributed by atoms with Gasteiger partial charge in [-0.25, -0.2) is 4.98 Å². The first kappa shape index (κ1) is 12.8. The van der Waals surface area contributed by atoms with E-state index in [1.54, 1.807) is 11.3 Å². The van der Waals surface area contributed by atoms with Gasteiger partial charge in [-0.1, -0.05) is 37.8 Å². The van der Waals surface area contributed by atoms with Crippen molar-refractivity contribution in [1.82, 2.24) is 4.98 Å². The minimum absolute atomic E-state index is 0.353. The van der Waals surface area contributed by atoms with Gasteiger partial charge in [-0.2, -0.15) is 0 Å². The Morgan fingerprint density at radius 3 is 2.84 bits per heavy atom. The van der Waals surface area contributed by atoms with Crippen LogP contribution >= 0.6 is 11.3 Å². The van der Waals surface area contributed by atoms with Crippen LogP contribution in [0.15, 0.2) is 24.3 Å². The molecule has 0 bridgehead atoms. The molecule has 0 atom stereocenters. The van der Waals surface area contributed by atoms with Crippen LogP contribution in [0, 0.1) is 5.92 Å². The summed E-state index contributed by atoms with van der Waals surface area (Å²) in [4.78, 5) is 16.5. The lowest BCUT2D eigenvalue weighted by Gasteiger charge is -2.06. The van der Waals surface area contributed by atoms with Gasteiger partial charge in [0, 0.05) is 6.42 Å². The molecule has 0 aliphatic heterocycles. The van der Waals surface area contributed by atoms with Crippen molar-refractivity contribution in [2.45, 2.75) is 44.9 Å². The molecule has 100 valence electrons. The molecule has 2 nitrogen and oxygen atoms in total. The summed E-state index contributed by atoms with van der Waals surface area (Å²) < 4.78 is 1.18. The van der Waals surface area contributed by atoms with E-state index in [2.05, 4.69) is 11.1 Å². The third kappa shape index (κ3) is 3.21. The normalized spacial score (nSPS) is 16.2. The number of nitrogens with zero attached hydrogens (tertiary/aromatic N) is 1. The molecule has 3 rings (SSSR count). The fourth-order valence-corrected chi connectivity index (χ4v) is 3.91. The van der Waals surface area contributed by atoms with Gasteiger partial charge in [0.2, 0.25) is 0 Å². The highest BCUT2D eigenvalue weighted by Crippen LogP contribution is 2.29. The van der Waals surface area contributed by atoms with Crippen molar-refractivity contribution in [2.75, 3.05) is 0 Å². The van der Waals surface area contributed by atoms with Crippen LogP contribution in [0.4, 0.5) is 0 Å². The molecule has 1 aromatic heterocycles. The minimum Gasteiger partial charge on any atom is -0.299 e. The van der Waals surface area contributed by atoms with E-state index in [0.29, 0.717) is 12.2 Å². The summed E-state index contributed by atoms with van der Waals surface area (Å²) in [7, 11) is 0. The Morgan fingerprint density at radius 2 is 2.05 bits per heavy atom. The average Bonchev–Trinajstić information content (AvgIpc) is 3.04. The quantitative estimate of drug-likeness (QED) is 0.809. The van der Waals surface area contributed by atoms with Crippen molar-refractivity contribution in [3.05, 3.63) is 29.3 Å². The highest BCUT2D eigenvalue weighted by molar-refractivity contribution is 7.18. The molecule has 1 saturated carbocycles. The number of para-hydroxylation sites is 1. The Kier molecular flexibility index (Phi) is 3.92. The van der Waals surface area contributed by atoms with Crippen LogP contribution in [0.3, 0.4) is 0 Å². The first-order chi connectivity index (χ1) is 9.31. The summed E-state index contributed by atoms with van der Waals surface area (Å²) in [6, 6.07) is 8.10. The van der Waals surface area contributed by atoms with Crippen LogP contribution in [-0.2, 0) is 11.2 Å². The Balaban J connectivity index is 1.56. The molecule has 1 heterocycles. The van der Waals surface area contributed by atoms with Gasteiger partial charge in [0.15, 0.2) is 0 Å². The highest BCUT2D eigenvalue weighted by Gasteiger charge is 2.16. The number of rotatable bonds is 5. The number of carbonyl (C=O) groups is 1. The molecule has 0 amide bonds. The van der Waals surface area contributed by atoms with Crippen molar-refractivity contribution in [3.63, 3.8) is 0 Å². The number of thiazole rings is 1. The Labute approximate surface area is 117 Å². The van der Waals surface area contributed by atoms with E-state index in [-0.39, 0.29) is 0 Å². The summed E-state index contributed by atoms with van der Waals surface area (Å²) in [5.41, 5.74) is 1.02. The predicted molar refractivity (Wildman–Crippen MR) is 79.5 cm³/mol. The van der Waals surface area contributed by atoms with E-state index < -0.39 is 0 Å². The van der Waals surface area contributed by atoms with Crippen LogP contribution in [0.25, 0.3) is 10.2 Å². The Hall–Kier alpha value is -1.22. The average molecular weight is 273 g/mol. The van der Waals surface area contributed by atoms with Gasteiger partial charge in [0.1, 0.15) is 10.8 Å². The van der Waals surface area contributed by atoms with Gasteiger partial charge in [-0.15, -0.1) is 11.3 Å². The van der Waals surface area contributed by atoms with Gasteiger partial charge in [0.25, 0.3) is 0 Å². The Morgan fingerprint density at radius 1 is 1.26 bits per heavy atom. The molecule has 1 aliphatic rings. The van der Waals surface area contributed by atoms with Crippen molar-refractivity contribution >= 4 is 27.3 Å². The number of hydrogen-bond acceptors (Lipinski definition) is 3. The van der Waals surface area contributed by atoms with Gasteiger partial charge in [-0.3, -0.25) is 4.79 Å². The monoisotopic (exact) mass is 273 g/mol. The van der Waals surface area contributed by atoms with Gasteiger partial charge in [-0.05, 0) is 24.5 Å². The lowest BCUT2D eigenvalue weighted by Crippen LogP contribution is -2.05. The molecule has 0 radical (unpaired) electrons. The van der Waals surface area contributed by atoms with Crippen LogP contribution in [0.1, 0.15) is 43.5 Å². The van der Waals surface area contributed by atoms with E-state index >= 15 is 0 Å². The second-order valence-corrected chi connectivity index (χ2v) is 6.60. The first-order valence-electron chi connectivity index (χ1n) is 7.17. The van der Waals surface area contributed by atoms with E-state index in [1.165, 1.54) is 30.4 Å². The van der Waals surface area contributed by atoms with Crippen LogP contribution in [-0.4, -0.2) is 10.8 Å². The third-order valence-electron chi connectivity index (χ3n) is 3.99. The second-order valence-electron chi connectivity index (χ2n) is 5.48. The Bertz CT molecular complexity index is 536. The number of aromatic nitrogens is 1. The van der Waals surface area contributed by atoms with E-state index in [1.807, 2.05) is 18.2 Å². The summed E-state index contributed by atoms with van der Waals surface area (Å²) in [6.45, 7) is 0. The zero-order valence-electron chi connectivity index (χ0n) is 11.1. The molecule has 0 unspecified atom stereocenters. The van der Waals surface area contributed by atoms with Crippen molar-refractivity contribution < 1.29 is 4.79 Å². The van der Waals surface area contributed by atoms with E-state index in [4.69, 9.17) is 0 Å². The molecule has 0 spiro atoms. The molecule has 0 saturated heterocycles. The smallest absolute Gasteiger partial charge is 0.139 e. The standard InChI is InChI=1S/C16H19NOS/c18-13(10-9-12-5-1-2-6-12)11-16-17-14-7-3-4-8-15(14)19-16/h3-4,7-8,12H,1-2,5-6,9-11H2. The number of fused-ring (bicyclic) bond motifs is 1. The molecule has 2 aromatic rings. The van der Waals surface area contributed by atoms with Crippen LogP contribution < -0.4 is 0 Å². The van der Waals surface area contributed by atoms with Gasteiger partial charge >= 0.3 is 0 Å². The van der Waals surface area contributed by atoms with Gasteiger partial charge < -0.3 is 0 Å². The lowest BCUT2D eigenvalue weighted by molar-refractivity contribution is -0.118. The number of carbonyl (C=O) groups excluding carboxylic acids is 1. The van der Waals surface area contributed by atoms with Crippen molar-refractivity contribution in [3.8, 4) is 0 Å². The number of hydrogen-bond donors (Lipinski definition) is 0. The molecule has 0 N–H and O–H groups in total. The molecule has 1 aliphatic carbocycles. The zero-order valence-corrected chi connectivity index (χ0v) is 11.9. The SMILES string of the molecule is O=C(CCC1CCCC1)Cc1nc2ccccc2s1. The maximum atomic E-state index is 12.0. The maximum Gasteiger partial charge on any atom is 0.139 e. The predicted octanol–water partition coefficient (Wildman–Crippen LogP) is 4.38. The fraction of sp³-hybridized carbons (Fsp3) is 0.500. The zero-order chi connectivity index (χ0) is 13.1. The molecule has 19 heavy (non-hydrogen) atoms. The molecule has 1 aromatic carbocycles. The second kappa shape index (κ2) is 5.83. The third-order valence-corrected chi connectivity index (χ3v) is 5.03. The van der Waals surface area contributed by atoms with E-state index in [0.717, 1.165) is 29.3 Å². The summed E-state index contributed by atoms with van der Waals surface area (Å²) in [6.07, 6.45) is 7.71. The highest BCUT2D eigenvalue weighted by atomic mass is 32.1. The van der Waals surface area contributed by atoms with Gasteiger partial charge in [0.05, 0.1) is 16.6 Å². The number of Topliss-reactive ketones (excluding diaryl/α,β-unsaturated/α-hetero) is 1. The van der Waals surface area contributed by atoms with Crippen molar-refractivity contribution in [1.29, 1.82) is 0 Å². The molecule has 3 heteroatoms. The fourth-order valence-electron chi connectivity index (χ4n) is 2.92. The molecule has 1 fully saturated rings. The molecular formula is C16H19NOS. The summed E-state index contributed by atoms with van der Waals surface area (Å²) >= 11 is 1.65. The first-order valence-corrected chi connectivity index (χ1v) is 7.99. The molecular weight excluding hydrogens is 254 g/mol. The van der Waals surface area contributed by atoms with E-state index in [9.17, 15) is 4.79 Å². The summed E-state index contributed by atoms with van der Waals surface area (Å²) in [5, 5.41) is 0.970. The number of benzene rings is 1. The van der Waals surface area contributed by atoms with Crippen molar-refractivity contribution in [2.24, 2.45) is 5.92 Å².